The smallest absolute Gasteiger partial charge is 0.194 e. The Bertz CT molecular complexity index is 566. The number of hydrogen-bond donors (Lipinski definition) is 0. The highest BCUT2D eigenvalue weighted by molar-refractivity contribution is 9.11. The molecule has 0 unspecified atom stereocenters. The molecule has 0 saturated heterocycles. The van der Waals surface area contributed by atoms with Crippen molar-refractivity contribution in [3.63, 3.8) is 0 Å². The molecule has 0 saturated carbocycles. The second-order valence-corrected chi connectivity index (χ2v) is 6.17. The first-order valence-corrected chi connectivity index (χ1v) is 6.72. The van der Waals surface area contributed by atoms with E-state index in [4.69, 9.17) is 0 Å². The monoisotopic (exact) mass is 312 g/mol. The maximum Gasteiger partial charge on any atom is 0.194 e. The number of thiophene rings is 1. The molecular weight excluding hydrogens is 303 g/mol. The maximum atomic E-state index is 13.2. The van der Waals surface area contributed by atoms with E-state index in [9.17, 15) is 9.18 Å². The van der Waals surface area contributed by atoms with Crippen molar-refractivity contribution in [3.05, 3.63) is 55.4 Å². The van der Waals surface area contributed by atoms with Gasteiger partial charge >= 0.3 is 0 Å². The molecule has 0 spiro atoms. The molecule has 1 aromatic heterocycles. The molecule has 0 bridgehead atoms. The van der Waals surface area contributed by atoms with E-state index >= 15 is 0 Å². The first-order chi connectivity index (χ1) is 7.99. The summed E-state index contributed by atoms with van der Waals surface area (Å²) >= 11 is 4.79. The summed E-state index contributed by atoms with van der Waals surface area (Å²) in [6, 6.07) is 4.57. The van der Waals surface area contributed by atoms with Gasteiger partial charge in [-0.3, -0.25) is 4.79 Å². The molecule has 0 aliphatic heterocycles. The van der Waals surface area contributed by atoms with Crippen molar-refractivity contribution in [2.24, 2.45) is 0 Å². The van der Waals surface area contributed by atoms with Crippen molar-refractivity contribution in [1.29, 1.82) is 0 Å². The van der Waals surface area contributed by atoms with Crippen molar-refractivity contribution in [3.8, 4) is 0 Å². The van der Waals surface area contributed by atoms with Gasteiger partial charge in [-0.05, 0) is 59.1 Å². The second-order valence-electron chi connectivity index (χ2n) is 3.88. The van der Waals surface area contributed by atoms with Crippen LogP contribution >= 0.6 is 27.3 Å². The van der Waals surface area contributed by atoms with E-state index in [1.54, 1.807) is 25.3 Å². The number of ketones is 1. The van der Waals surface area contributed by atoms with Crippen LogP contribution in [0.25, 0.3) is 0 Å². The molecule has 2 aromatic rings. The lowest BCUT2D eigenvalue weighted by atomic mass is 9.96. The molecule has 1 aromatic carbocycles. The molecule has 0 N–H and O–H groups in total. The van der Waals surface area contributed by atoms with Crippen molar-refractivity contribution in [1.82, 2.24) is 0 Å². The minimum absolute atomic E-state index is 0.0537. The summed E-state index contributed by atoms with van der Waals surface area (Å²) in [7, 11) is 0. The average molecular weight is 313 g/mol. The molecule has 0 aliphatic carbocycles. The molecule has 0 atom stereocenters. The van der Waals surface area contributed by atoms with Crippen LogP contribution in [0.4, 0.5) is 4.39 Å². The summed E-state index contributed by atoms with van der Waals surface area (Å²) in [6.45, 7) is 3.51. The fourth-order valence-electron chi connectivity index (χ4n) is 1.84. The van der Waals surface area contributed by atoms with Gasteiger partial charge in [0.15, 0.2) is 5.78 Å². The maximum absolute atomic E-state index is 13.2. The van der Waals surface area contributed by atoms with Crippen molar-refractivity contribution in [2.45, 2.75) is 13.8 Å². The molecule has 4 heteroatoms. The Kier molecular flexibility index (Phi) is 3.45. The lowest BCUT2D eigenvalue weighted by Crippen LogP contribution is -2.05. The molecule has 17 heavy (non-hydrogen) atoms. The molecule has 88 valence electrons. The highest BCUT2D eigenvalue weighted by Gasteiger charge is 2.16. The topological polar surface area (TPSA) is 17.1 Å². The van der Waals surface area contributed by atoms with Crippen molar-refractivity contribution in [2.75, 3.05) is 0 Å². The summed E-state index contributed by atoms with van der Waals surface area (Å²) in [5.74, 6) is -0.356. The van der Waals surface area contributed by atoms with Gasteiger partial charge in [-0.2, -0.15) is 0 Å². The molecule has 0 radical (unpaired) electrons. The third-order valence-electron chi connectivity index (χ3n) is 2.55. The number of carbonyl (C=O) groups is 1. The van der Waals surface area contributed by atoms with Crippen LogP contribution < -0.4 is 0 Å². The van der Waals surface area contributed by atoms with Gasteiger partial charge in [0.2, 0.25) is 0 Å². The summed E-state index contributed by atoms with van der Waals surface area (Å²) in [4.78, 5) is 12.3. The number of halogens is 2. The summed E-state index contributed by atoms with van der Waals surface area (Å²) in [5, 5.41) is 1.80. The molecule has 2 rings (SSSR count). The number of hydrogen-bond acceptors (Lipinski definition) is 2. The van der Waals surface area contributed by atoms with E-state index < -0.39 is 0 Å². The van der Waals surface area contributed by atoms with E-state index in [1.807, 2.05) is 0 Å². The van der Waals surface area contributed by atoms with Crippen LogP contribution in [0.5, 0.6) is 0 Å². The number of rotatable bonds is 2. The Morgan fingerprint density at radius 3 is 2.29 bits per heavy atom. The van der Waals surface area contributed by atoms with Gasteiger partial charge in [0.05, 0.1) is 3.79 Å². The van der Waals surface area contributed by atoms with E-state index in [0.29, 0.717) is 22.3 Å². The first-order valence-electron chi connectivity index (χ1n) is 5.04. The van der Waals surface area contributed by atoms with Gasteiger partial charge in [0.1, 0.15) is 5.82 Å². The first kappa shape index (κ1) is 12.5. The van der Waals surface area contributed by atoms with E-state index in [2.05, 4.69) is 15.9 Å². The highest BCUT2D eigenvalue weighted by Crippen LogP contribution is 2.25. The van der Waals surface area contributed by atoms with E-state index in [0.717, 1.165) is 3.79 Å². The molecule has 0 aliphatic rings. The second kappa shape index (κ2) is 4.70. The van der Waals surface area contributed by atoms with Crippen molar-refractivity contribution >= 4 is 33.0 Å². The lowest BCUT2D eigenvalue weighted by Gasteiger charge is -2.07. The SMILES string of the molecule is Cc1cc(F)cc(C)c1C(=O)c1csc(Br)c1. The number of aryl methyl sites for hydroxylation is 2. The zero-order chi connectivity index (χ0) is 12.6. The van der Waals surface area contributed by atoms with Crippen molar-refractivity contribution < 1.29 is 9.18 Å². The lowest BCUT2D eigenvalue weighted by molar-refractivity contribution is 0.103. The number of carbonyl (C=O) groups excluding carboxylic acids is 1. The highest BCUT2D eigenvalue weighted by atomic mass is 79.9. The Hall–Kier alpha value is -1.00. The minimum Gasteiger partial charge on any atom is -0.289 e. The Morgan fingerprint density at radius 1 is 1.24 bits per heavy atom. The molecular formula is C13H10BrFOS. The quantitative estimate of drug-likeness (QED) is 0.746. The van der Waals surface area contributed by atoms with E-state index in [-0.39, 0.29) is 11.6 Å². The van der Waals surface area contributed by atoms with Gasteiger partial charge in [-0.25, -0.2) is 4.39 Å². The van der Waals surface area contributed by atoms with Crippen LogP contribution in [0.15, 0.2) is 27.4 Å². The van der Waals surface area contributed by atoms with Crippen LogP contribution in [-0.4, -0.2) is 5.78 Å². The third kappa shape index (κ3) is 2.48. The Balaban J connectivity index is 2.51. The predicted molar refractivity (Wildman–Crippen MR) is 71.3 cm³/mol. The predicted octanol–water partition coefficient (Wildman–Crippen LogP) is 4.50. The molecule has 1 heterocycles. The van der Waals surface area contributed by atoms with Gasteiger partial charge in [-0.15, -0.1) is 11.3 Å². The van der Waals surface area contributed by atoms with Crippen LogP contribution in [-0.2, 0) is 0 Å². The van der Waals surface area contributed by atoms with Gasteiger partial charge in [-0.1, -0.05) is 0 Å². The Labute approximate surface area is 111 Å². The van der Waals surface area contributed by atoms with Crippen LogP contribution in [0.3, 0.4) is 0 Å². The van der Waals surface area contributed by atoms with Crippen LogP contribution in [0.1, 0.15) is 27.0 Å². The van der Waals surface area contributed by atoms with Crippen LogP contribution in [0.2, 0.25) is 0 Å². The van der Waals surface area contributed by atoms with Gasteiger partial charge < -0.3 is 0 Å². The standard InChI is InChI=1S/C13H10BrFOS/c1-7-3-10(15)4-8(2)12(7)13(16)9-5-11(14)17-6-9/h3-6H,1-2H3. The number of benzene rings is 1. The fourth-order valence-corrected chi connectivity index (χ4v) is 2.98. The van der Waals surface area contributed by atoms with Gasteiger partial charge in [0, 0.05) is 16.5 Å². The molecule has 0 amide bonds. The fraction of sp³-hybridized carbons (Fsp3) is 0.154. The molecule has 1 nitrogen and oxygen atoms in total. The summed E-state index contributed by atoms with van der Waals surface area (Å²) in [5.41, 5.74) is 2.58. The minimum atomic E-state index is -0.303. The third-order valence-corrected chi connectivity index (χ3v) is 4.06. The largest absolute Gasteiger partial charge is 0.289 e. The summed E-state index contributed by atoms with van der Waals surface area (Å²) < 4.78 is 14.1. The average Bonchev–Trinajstić information content (AvgIpc) is 2.63. The van der Waals surface area contributed by atoms with Gasteiger partial charge in [0.25, 0.3) is 0 Å². The van der Waals surface area contributed by atoms with Crippen LogP contribution in [0, 0.1) is 19.7 Å². The summed E-state index contributed by atoms with van der Waals surface area (Å²) in [6.07, 6.45) is 0. The Morgan fingerprint density at radius 2 is 1.82 bits per heavy atom. The zero-order valence-electron chi connectivity index (χ0n) is 9.38. The normalized spacial score (nSPS) is 10.6. The zero-order valence-corrected chi connectivity index (χ0v) is 11.8. The van der Waals surface area contributed by atoms with E-state index in [1.165, 1.54) is 23.5 Å². The molecule has 0 fully saturated rings.